The fourth-order valence-corrected chi connectivity index (χ4v) is 3.94. The van der Waals surface area contributed by atoms with Gasteiger partial charge in [-0.05, 0) is 67.3 Å². The SMILES string of the molecule is CCCN(CC(C)C)[C@H]1CCc2cc(F)ccc2[C@@H]1CC. The fraction of sp³-hybridized carbons (Fsp3) is 0.684. The van der Waals surface area contributed by atoms with E-state index < -0.39 is 0 Å². The summed E-state index contributed by atoms with van der Waals surface area (Å²) >= 11 is 0. The molecule has 118 valence electrons. The molecule has 1 aromatic carbocycles. The zero-order chi connectivity index (χ0) is 15.4. The van der Waals surface area contributed by atoms with Crippen molar-refractivity contribution in [3.8, 4) is 0 Å². The molecule has 0 spiro atoms. The second-order valence-electron chi connectivity index (χ2n) is 6.85. The van der Waals surface area contributed by atoms with Gasteiger partial charge in [-0.15, -0.1) is 0 Å². The molecule has 21 heavy (non-hydrogen) atoms. The number of nitrogens with zero attached hydrogens (tertiary/aromatic N) is 1. The van der Waals surface area contributed by atoms with E-state index in [1.807, 2.05) is 6.07 Å². The van der Waals surface area contributed by atoms with E-state index in [2.05, 4.69) is 32.6 Å². The minimum Gasteiger partial charge on any atom is -0.300 e. The van der Waals surface area contributed by atoms with Crippen molar-refractivity contribution < 1.29 is 4.39 Å². The molecular formula is C19H30FN. The number of hydrogen-bond acceptors (Lipinski definition) is 1. The number of aryl methyl sites for hydroxylation is 1. The van der Waals surface area contributed by atoms with E-state index in [-0.39, 0.29) is 5.82 Å². The van der Waals surface area contributed by atoms with Crippen LogP contribution in [0.1, 0.15) is 64.0 Å². The highest BCUT2D eigenvalue weighted by molar-refractivity contribution is 5.35. The summed E-state index contributed by atoms with van der Waals surface area (Å²) in [7, 11) is 0. The van der Waals surface area contributed by atoms with Crippen LogP contribution in [0.4, 0.5) is 4.39 Å². The first-order valence-electron chi connectivity index (χ1n) is 8.59. The van der Waals surface area contributed by atoms with Crippen LogP contribution in [0, 0.1) is 11.7 Å². The first kappa shape index (κ1) is 16.5. The molecule has 0 unspecified atom stereocenters. The highest BCUT2D eigenvalue weighted by Gasteiger charge is 2.32. The Kier molecular flexibility index (Phi) is 5.80. The molecule has 2 atom stereocenters. The third-order valence-electron chi connectivity index (χ3n) is 4.70. The third kappa shape index (κ3) is 3.85. The Hall–Kier alpha value is -0.890. The zero-order valence-electron chi connectivity index (χ0n) is 14.0. The Morgan fingerprint density at radius 1 is 1.29 bits per heavy atom. The van der Waals surface area contributed by atoms with Crippen LogP contribution in [0.5, 0.6) is 0 Å². The smallest absolute Gasteiger partial charge is 0.123 e. The monoisotopic (exact) mass is 291 g/mol. The van der Waals surface area contributed by atoms with Crippen molar-refractivity contribution in [2.24, 2.45) is 5.92 Å². The lowest BCUT2D eigenvalue weighted by Gasteiger charge is -2.41. The van der Waals surface area contributed by atoms with Crippen LogP contribution in [-0.2, 0) is 6.42 Å². The molecule has 0 N–H and O–H groups in total. The summed E-state index contributed by atoms with van der Waals surface area (Å²) in [6.07, 6.45) is 4.53. The maximum absolute atomic E-state index is 13.5. The van der Waals surface area contributed by atoms with Gasteiger partial charge < -0.3 is 0 Å². The molecule has 0 aliphatic heterocycles. The van der Waals surface area contributed by atoms with E-state index >= 15 is 0 Å². The van der Waals surface area contributed by atoms with E-state index in [0.29, 0.717) is 17.9 Å². The van der Waals surface area contributed by atoms with Crippen LogP contribution in [0.25, 0.3) is 0 Å². The molecule has 0 bridgehead atoms. The Morgan fingerprint density at radius 2 is 2.05 bits per heavy atom. The van der Waals surface area contributed by atoms with E-state index in [1.54, 1.807) is 12.1 Å². The molecule has 2 heteroatoms. The van der Waals surface area contributed by atoms with Gasteiger partial charge in [0.15, 0.2) is 0 Å². The highest BCUT2D eigenvalue weighted by Crippen LogP contribution is 2.37. The summed E-state index contributed by atoms with van der Waals surface area (Å²) in [5, 5.41) is 0. The topological polar surface area (TPSA) is 3.24 Å². The first-order chi connectivity index (χ1) is 10.1. The molecule has 0 heterocycles. The lowest BCUT2D eigenvalue weighted by atomic mass is 9.77. The largest absolute Gasteiger partial charge is 0.300 e. The van der Waals surface area contributed by atoms with E-state index in [0.717, 1.165) is 12.8 Å². The van der Waals surface area contributed by atoms with Gasteiger partial charge in [-0.3, -0.25) is 4.90 Å². The van der Waals surface area contributed by atoms with Crippen LogP contribution in [0.3, 0.4) is 0 Å². The normalized spacial score (nSPS) is 21.9. The summed E-state index contributed by atoms with van der Waals surface area (Å²) in [4.78, 5) is 2.69. The van der Waals surface area contributed by atoms with Crippen LogP contribution in [-0.4, -0.2) is 24.0 Å². The van der Waals surface area contributed by atoms with Gasteiger partial charge in [0.2, 0.25) is 0 Å². The average Bonchev–Trinajstić information content (AvgIpc) is 2.44. The lowest BCUT2D eigenvalue weighted by Crippen LogP contribution is -2.44. The van der Waals surface area contributed by atoms with E-state index in [9.17, 15) is 4.39 Å². The van der Waals surface area contributed by atoms with Crippen molar-refractivity contribution in [2.75, 3.05) is 13.1 Å². The second kappa shape index (κ2) is 7.40. The van der Waals surface area contributed by atoms with Gasteiger partial charge in [-0.25, -0.2) is 4.39 Å². The molecule has 0 saturated carbocycles. The fourth-order valence-electron chi connectivity index (χ4n) is 3.94. The van der Waals surface area contributed by atoms with Gasteiger partial charge in [0.1, 0.15) is 5.82 Å². The minimum absolute atomic E-state index is 0.0883. The highest BCUT2D eigenvalue weighted by atomic mass is 19.1. The molecule has 0 amide bonds. The standard InChI is InChI=1S/C19H30FN/c1-5-11-21(13-14(3)4)19-10-7-15-12-16(20)8-9-18(15)17(19)6-2/h8-9,12,14,17,19H,5-7,10-11,13H2,1-4H3/t17-,19-/m0/s1. The van der Waals surface area contributed by atoms with Crippen LogP contribution < -0.4 is 0 Å². The second-order valence-corrected chi connectivity index (χ2v) is 6.85. The molecule has 0 fully saturated rings. The molecule has 1 nitrogen and oxygen atoms in total. The lowest BCUT2D eigenvalue weighted by molar-refractivity contribution is 0.135. The number of hydrogen-bond donors (Lipinski definition) is 0. The number of fused-ring (bicyclic) bond motifs is 1. The quantitative estimate of drug-likeness (QED) is 0.712. The Bertz CT molecular complexity index is 455. The van der Waals surface area contributed by atoms with Crippen LogP contribution in [0.2, 0.25) is 0 Å². The van der Waals surface area contributed by atoms with Gasteiger partial charge in [-0.1, -0.05) is 33.8 Å². The third-order valence-corrected chi connectivity index (χ3v) is 4.70. The molecule has 0 radical (unpaired) electrons. The molecular weight excluding hydrogens is 261 g/mol. The molecule has 1 aliphatic rings. The van der Waals surface area contributed by atoms with E-state index in [1.165, 1.54) is 37.1 Å². The van der Waals surface area contributed by atoms with Gasteiger partial charge in [-0.2, -0.15) is 0 Å². The van der Waals surface area contributed by atoms with Gasteiger partial charge in [0.25, 0.3) is 0 Å². The minimum atomic E-state index is -0.0883. The van der Waals surface area contributed by atoms with Crippen molar-refractivity contribution in [3.05, 3.63) is 35.1 Å². The predicted molar refractivity (Wildman–Crippen MR) is 88.2 cm³/mol. The van der Waals surface area contributed by atoms with Gasteiger partial charge >= 0.3 is 0 Å². The van der Waals surface area contributed by atoms with Crippen LogP contribution in [0.15, 0.2) is 18.2 Å². The van der Waals surface area contributed by atoms with Crippen molar-refractivity contribution in [1.82, 2.24) is 4.90 Å². The van der Waals surface area contributed by atoms with Gasteiger partial charge in [0.05, 0.1) is 0 Å². The first-order valence-corrected chi connectivity index (χ1v) is 8.59. The molecule has 0 saturated heterocycles. The molecule has 0 aromatic heterocycles. The summed E-state index contributed by atoms with van der Waals surface area (Å²) in [5.41, 5.74) is 2.62. The van der Waals surface area contributed by atoms with Crippen LogP contribution >= 0.6 is 0 Å². The Balaban J connectivity index is 2.25. The number of rotatable bonds is 6. The molecule has 1 aromatic rings. The maximum atomic E-state index is 13.5. The van der Waals surface area contributed by atoms with E-state index in [4.69, 9.17) is 0 Å². The molecule has 1 aliphatic carbocycles. The maximum Gasteiger partial charge on any atom is 0.123 e. The predicted octanol–water partition coefficient (Wildman–Crippen LogP) is 5.00. The van der Waals surface area contributed by atoms with Crippen molar-refractivity contribution in [1.29, 1.82) is 0 Å². The Morgan fingerprint density at radius 3 is 2.67 bits per heavy atom. The summed E-state index contributed by atoms with van der Waals surface area (Å²) < 4.78 is 13.5. The zero-order valence-corrected chi connectivity index (χ0v) is 14.0. The molecule has 2 rings (SSSR count). The van der Waals surface area contributed by atoms with Gasteiger partial charge in [0, 0.05) is 12.6 Å². The van der Waals surface area contributed by atoms with Crippen molar-refractivity contribution in [3.63, 3.8) is 0 Å². The summed E-state index contributed by atoms with van der Waals surface area (Å²) in [6.45, 7) is 11.5. The average molecular weight is 291 g/mol. The Labute approximate surface area is 129 Å². The summed E-state index contributed by atoms with van der Waals surface area (Å²) in [5.74, 6) is 1.16. The van der Waals surface area contributed by atoms with Crippen molar-refractivity contribution in [2.45, 2.75) is 65.3 Å². The summed E-state index contributed by atoms with van der Waals surface area (Å²) in [6, 6.07) is 6.04. The number of halogens is 1. The van der Waals surface area contributed by atoms with Crippen molar-refractivity contribution >= 4 is 0 Å². The number of benzene rings is 1.